The van der Waals surface area contributed by atoms with Crippen molar-refractivity contribution in [2.75, 3.05) is 32.7 Å². The van der Waals surface area contributed by atoms with Gasteiger partial charge in [-0.1, -0.05) is 55.5 Å². The lowest BCUT2D eigenvalue weighted by Gasteiger charge is -2.42. The van der Waals surface area contributed by atoms with Crippen LogP contribution >= 0.6 is 11.3 Å². The van der Waals surface area contributed by atoms with Gasteiger partial charge in [0.05, 0.1) is 12.6 Å². The second kappa shape index (κ2) is 10.8. The second-order valence-corrected chi connectivity index (χ2v) is 11.8. The van der Waals surface area contributed by atoms with E-state index in [1.54, 1.807) is 0 Å². The van der Waals surface area contributed by atoms with Gasteiger partial charge in [-0.05, 0) is 55.2 Å². The summed E-state index contributed by atoms with van der Waals surface area (Å²) >= 11 is 1.83. The molecule has 6 heteroatoms. The van der Waals surface area contributed by atoms with E-state index in [-0.39, 0.29) is 23.9 Å². The van der Waals surface area contributed by atoms with Gasteiger partial charge in [0, 0.05) is 43.5 Å². The third-order valence-electron chi connectivity index (χ3n) is 8.34. The van der Waals surface area contributed by atoms with E-state index in [0.29, 0.717) is 32.6 Å². The van der Waals surface area contributed by atoms with Gasteiger partial charge < -0.3 is 9.80 Å². The fourth-order valence-electron chi connectivity index (χ4n) is 6.28. The van der Waals surface area contributed by atoms with Gasteiger partial charge in [-0.25, -0.2) is 0 Å². The SMILES string of the molecule is Cc1ccc([C@@H]2c3ccsc3CCN2CC(=O)N2CCN(C(=O)CCC3CCCC3)[C@@H](C)C2)cc1. The molecule has 0 N–H and O–H groups in total. The molecule has 2 aliphatic heterocycles. The summed E-state index contributed by atoms with van der Waals surface area (Å²) in [5, 5.41) is 2.18. The molecule has 5 rings (SSSR count). The molecule has 1 saturated carbocycles. The standard InChI is InChI=1S/C29H39N3O2S/c1-21-7-10-24(11-8-21)29-25-14-18-35-26(25)13-15-31(29)20-28(34)30-16-17-32(22(2)19-30)27(33)12-9-23-5-3-4-6-23/h7-8,10-11,14,18,22-23,29H,3-6,9,12-13,15-17,19-20H2,1-2H3/t22-,29+/m0/s1. The summed E-state index contributed by atoms with van der Waals surface area (Å²) in [4.78, 5) is 34.1. The molecule has 35 heavy (non-hydrogen) atoms. The zero-order valence-corrected chi connectivity index (χ0v) is 22.1. The Morgan fingerprint density at radius 3 is 2.51 bits per heavy atom. The topological polar surface area (TPSA) is 43.9 Å². The number of aryl methyl sites for hydroxylation is 1. The van der Waals surface area contributed by atoms with Crippen LogP contribution in [0.2, 0.25) is 0 Å². The summed E-state index contributed by atoms with van der Waals surface area (Å²) in [6, 6.07) is 11.2. The maximum atomic E-state index is 13.5. The Bertz CT molecular complexity index is 1030. The fraction of sp³-hybridized carbons (Fsp3) is 0.586. The van der Waals surface area contributed by atoms with E-state index in [9.17, 15) is 9.59 Å². The lowest BCUT2D eigenvalue weighted by molar-refractivity contribution is -0.143. The highest BCUT2D eigenvalue weighted by Gasteiger charge is 2.34. The molecule has 5 nitrogen and oxygen atoms in total. The number of hydrogen-bond donors (Lipinski definition) is 0. The Hall–Kier alpha value is -2.18. The van der Waals surface area contributed by atoms with Gasteiger partial charge in [0.2, 0.25) is 11.8 Å². The van der Waals surface area contributed by atoms with Crippen LogP contribution in [0.25, 0.3) is 0 Å². The van der Waals surface area contributed by atoms with E-state index < -0.39 is 0 Å². The van der Waals surface area contributed by atoms with Crippen molar-refractivity contribution in [1.29, 1.82) is 0 Å². The molecule has 1 aromatic heterocycles. The molecule has 188 valence electrons. The molecule has 0 unspecified atom stereocenters. The summed E-state index contributed by atoms with van der Waals surface area (Å²) < 4.78 is 0. The fourth-order valence-corrected chi connectivity index (χ4v) is 7.18. The number of thiophene rings is 1. The van der Waals surface area contributed by atoms with Crippen LogP contribution in [0.15, 0.2) is 35.7 Å². The number of rotatable bonds is 6. The number of fused-ring (bicyclic) bond motifs is 1. The van der Waals surface area contributed by atoms with Crippen molar-refractivity contribution in [1.82, 2.24) is 14.7 Å². The molecule has 2 atom stereocenters. The molecule has 3 heterocycles. The quantitative estimate of drug-likeness (QED) is 0.567. The van der Waals surface area contributed by atoms with Crippen LogP contribution in [-0.2, 0) is 16.0 Å². The summed E-state index contributed by atoms with van der Waals surface area (Å²) in [5.41, 5.74) is 3.86. The van der Waals surface area contributed by atoms with Gasteiger partial charge in [-0.15, -0.1) is 11.3 Å². The van der Waals surface area contributed by atoms with Crippen LogP contribution in [0.3, 0.4) is 0 Å². The summed E-state index contributed by atoms with van der Waals surface area (Å²) in [6.07, 6.45) is 7.93. The maximum absolute atomic E-state index is 13.5. The number of benzene rings is 1. The van der Waals surface area contributed by atoms with Crippen LogP contribution in [0.4, 0.5) is 0 Å². The third kappa shape index (κ3) is 5.49. The van der Waals surface area contributed by atoms with Gasteiger partial charge >= 0.3 is 0 Å². The molecule has 0 spiro atoms. The van der Waals surface area contributed by atoms with Crippen molar-refractivity contribution >= 4 is 23.2 Å². The molecule has 1 saturated heterocycles. The van der Waals surface area contributed by atoms with Gasteiger partial charge in [0.1, 0.15) is 0 Å². The average Bonchev–Trinajstić information content (AvgIpc) is 3.55. The molecular formula is C29H39N3O2S. The first-order valence-corrected chi connectivity index (χ1v) is 14.3. The molecule has 0 bridgehead atoms. The van der Waals surface area contributed by atoms with Crippen LogP contribution < -0.4 is 0 Å². The second-order valence-electron chi connectivity index (χ2n) is 10.8. The Morgan fingerprint density at radius 1 is 1.00 bits per heavy atom. The zero-order chi connectivity index (χ0) is 24.4. The van der Waals surface area contributed by atoms with Gasteiger partial charge in [0.15, 0.2) is 0 Å². The van der Waals surface area contributed by atoms with E-state index >= 15 is 0 Å². The molecule has 0 radical (unpaired) electrons. The number of hydrogen-bond acceptors (Lipinski definition) is 4. The predicted molar refractivity (Wildman–Crippen MR) is 142 cm³/mol. The van der Waals surface area contributed by atoms with Crippen LogP contribution in [0.1, 0.15) is 73.1 Å². The number of nitrogens with zero attached hydrogens (tertiary/aromatic N) is 3. The lowest BCUT2D eigenvalue weighted by atomic mass is 9.92. The van der Waals surface area contributed by atoms with E-state index in [2.05, 4.69) is 54.5 Å². The third-order valence-corrected chi connectivity index (χ3v) is 9.34. The van der Waals surface area contributed by atoms with E-state index in [1.165, 1.54) is 47.3 Å². The summed E-state index contributed by atoms with van der Waals surface area (Å²) in [5.74, 6) is 1.20. The highest BCUT2D eigenvalue weighted by Crippen LogP contribution is 2.38. The molecule has 2 aromatic rings. The number of carbonyl (C=O) groups excluding carboxylic acids is 2. The van der Waals surface area contributed by atoms with Gasteiger partial charge in [-0.3, -0.25) is 14.5 Å². The van der Waals surface area contributed by atoms with Crippen LogP contribution in [0.5, 0.6) is 0 Å². The van der Waals surface area contributed by atoms with E-state index in [4.69, 9.17) is 0 Å². The lowest BCUT2D eigenvalue weighted by Crippen LogP contribution is -2.57. The minimum absolute atomic E-state index is 0.0847. The number of amides is 2. The van der Waals surface area contributed by atoms with Crippen molar-refractivity contribution in [2.45, 2.75) is 70.9 Å². The highest BCUT2D eigenvalue weighted by atomic mass is 32.1. The van der Waals surface area contributed by atoms with Crippen molar-refractivity contribution in [2.24, 2.45) is 5.92 Å². The molecule has 2 fully saturated rings. The first-order valence-electron chi connectivity index (χ1n) is 13.4. The Labute approximate surface area is 214 Å². The molecular weight excluding hydrogens is 454 g/mol. The average molecular weight is 494 g/mol. The maximum Gasteiger partial charge on any atom is 0.236 e. The van der Waals surface area contributed by atoms with Gasteiger partial charge in [-0.2, -0.15) is 0 Å². The van der Waals surface area contributed by atoms with E-state index in [1.807, 2.05) is 21.1 Å². The van der Waals surface area contributed by atoms with E-state index in [0.717, 1.165) is 25.3 Å². The molecule has 1 aliphatic carbocycles. The predicted octanol–water partition coefficient (Wildman–Crippen LogP) is 5.03. The molecule has 1 aromatic carbocycles. The number of carbonyl (C=O) groups is 2. The molecule has 3 aliphatic rings. The Morgan fingerprint density at radius 2 is 1.77 bits per heavy atom. The van der Waals surface area contributed by atoms with Crippen LogP contribution in [0, 0.1) is 12.8 Å². The van der Waals surface area contributed by atoms with Crippen LogP contribution in [-0.4, -0.2) is 65.3 Å². The molecule has 2 amide bonds. The smallest absolute Gasteiger partial charge is 0.236 e. The first-order chi connectivity index (χ1) is 17.0. The normalized spacial score (nSPS) is 23.5. The first kappa shape index (κ1) is 24.5. The van der Waals surface area contributed by atoms with Crippen molar-refractivity contribution in [3.05, 3.63) is 57.3 Å². The van der Waals surface area contributed by atoms with Crippen molar-refractivity contribution in [3.8, 4) is 0 Å². The minimum Gasteiger partial charge on any atom is -0.338 e. The Kier molecular flexibility index (Phi) is 7.59. The summed E-state index contributed by atoms with van der Waals surface area (Å²) in [7, 11) is 0. The van der Waals surface area contributed by atoms with Crippen molar-refractivity contribution < 1.29 is 9.59 Å². The van der Waals surface area contributed by atoms with Gasteiger partial charge in [0.25, 0.3) is 0 Å². The zero-order valence-electron chi connectivity index (χ0n) is 21.2. The number of piperazine rings is 1. The monoisotopic (exact) mass is 493 g/mol. The minimum atomic E-state index is 0.0847. The van der Waals surface area contributed by atoms with Crippen molar-refractivity contribution in [3.63, 3.8) is 0 Å². The largest absolute Gasteiger partial charge is 0.338 e. The Balaban J connectivity index is 1.20. The highest BCUT2D eigenvalue weighted by molar-refractivity contribution is 7.10. The summed E-state index contributed by atoms with van der Waals surface area (Å²) in [6.45, 7) is 7.48.